The van der Waals surface area contributed by atoms with Crippen LogP contribution in [0.5, 0.6) is 0 Å². The van der Waals surface area contributed by atoms with E-state index in [1.807, 2.05) is 0 Å². The second-order valence-electron chi connectivity index (χ2n) is 16.9. The van der Waals surface area contributed by atoms with Gasteiger partial charge in [0.2, 0.25) is 5.91 Å². The summed E-state index contributed by atoms with van der Waals surface area (Å²) in [6.07, 6.45) is 54.6. The van der Waals surface area contributed by atoms with Gasteiger partial charge in [-0.3, -0.25) is 9.59 Å². The van der Waals surface area contributed by atoms with Gasteiger partial charge in [-0.15, -0.1) is 0 Å². The van der Waals surface area contributed by atoms with Gasteiger partial charge in [0.05, 0.1) is 25.2 Å². The standard InChI is InChI=1S/C52H95NO5/c1-4-7-10-13-16-19-22-24-26-27-29-31-34-37-40-43-48(58-52(57)45-42-39-36-33-21-18-15-12-9-6-3)46-51(56)53-49(47-54)50(55)44-41-38-35-32-30-28-25-23-20-17-14-11-8-5-2/h12,15-16,19,24,26,29,31,48-50,54-55H,4-11,13-14,17-18,20-23,25,27-28,30,32-47H2,1-3H3,(H,53,56)/b15-12-,19-16-,26-24-,31-29-. The molecule has 58 heavy (non-hydrogen) atoms. The Bertz CT molecular complexity index is 1000. The average molecular weight is 814 g/mol. The van der Waals surface area contributed by atoms with Crippen LogP contribution in [-0.4, -0.2) is 46.9 Å². The maximum Gasteiger partial charge on any atom is 0.306 e. The van der Waals surface area contributed by atoms with E-state index >= 15 is 0 Å². The minimum absolute atomic E-state index is 0.0487. The number of hydrogen-bond donors (Lipinski definition) is 3. The molecule has 6 heteroatoms. The van der Waals surface area contributed by atoms with E-state index in [4.69, 9.17) is 4.74 Å². The Balaban J connectivity index is 4.63. The lowest BCUT2D eigenvalue weighted by molar-refractivity contribution is -0.151. The van der Waals surface area contributed by atoms with Gasteiger partial charge in [-0.1, -0.05) is 198 Å². The number of unbranched alkanes of at least 4 members (excludes halogenated alkanes) is 24. The molecule has 338 valence electrons. The van der Waals surface area contributed by atoms with Crippen LogP contribution in [0.15, 0.2) is 48.6 Å². The number of allylic oxidation sites excluding steroid dienone is 8. The molecule has 0 aromatic heterocycles. The van der Waals surface area contributed by atoms with Crippen molar-refractivity contribution in [2.24, 2.45) is 0 Å². The molecule has 0 aliphatic carbocycles. The highest BCUT2D eigenvalue weighted by atomic mass is 16.5. The maximum absolute atomic E-state index is 13.2. The molecule has 1 amide bonds. The van der Waals surface area contributed by atoms with Crippen LogP contribution in [0.1, 0.15) is 245 Å². The molecule has 3 atom stereocenters. The maximum atomic E-state index is 13.2. The summed E-state index contributed by atoms with van der Waals surface area (Å²) in [4.78, 5) is 26.0. The first-order valence-electron chi connectivity index (χ1n) is 24.9. The number of carbonyl (C=O) groups excluding carboxylic acids is 2. The number of aliphatic hydroxyl groups is 2. The Kier molecular flexibility index (Phi) is 44.2. The molecule has 0 rings (SSSR count). The minimum atomic E-state index is -0.798. The van der Waals surface area contributed by atoms with Crippen molar-refractivity contribution in [2.75, 3.05) is 6.61 Å². The van der Waals surface area contributed by atoms with Gasteiger partial charge in [0, 0.05) is 6.42 Å². The Labute approximate surface area is 359 Å². The molecule has 0 aromatic carbocycles. The molecule has 0 saturated heterocycles. The van der Waals surface area contributed by atoms with Gasteiger partial charge in [-0.05, 0) is 83.5 Å². The number of amides is 1. The van der Waals surface area contributed by atoms with E-state index in [0.29, 0.717) is 19.3 Å². The zero-order valence-electron chi connectivity index (χ0n) is 38.4. The van der Waals surface area contributed by atoms with Crippen molar-refractivity contribution in [2.45, 2.75) is 264 Å². The van der Waals surface area contributed by atoms with Crippen molar-refractivity contribution in [3.63, 3.8) is 0 Å². The zero-order valence-corrected chi connectivity index (χ0v) is 38.4. The summed E-state index contributed by atoms with van der Waals surface area (Å²) in [5.41, 5.74) is 0. The highest BCUT2D eigenvalue weighted by Gasteiger charge is 2.24. The van der Waals surface area contributed by atoms with Crippen molar-refractivity contribution in [1.29, 1.82) is 0 Å². The third kappa shape index (κ3) is 40.6. The van der Waals surface area contributed by atoms with Gasteiger partial charge in [0.25, 0.3) is 0 Å². The first-order valence-corrected chi connectivity index (χ1v) is 24.9. The van der Waals surface area contributed by atoms with Crippen molar-refractivity contribution >= 4 is 11.9 Å². The molecule has 0 aliphatic heterocycles. The van der Waals surface area contributed by atoms with E-state index in [1.54, 1.807) is 0 Å². The second kappa shape index (κ2) is 45.9. The normalized spacial score (nSPS) is 13.7. The Morgan fingerprint density at radius 3 is 1.47 bits per heavy atom. The minimum Gasteiger partial charge on any atom is -0.462 e. The van der Waals surface area contributed by atoms with Gasteiger partial charge in [0.1, 0.15) is 6.10 Å². The van der Waals surface area contributed by atoms with Crippen LogP contribution >= 0.6 is 0 Å². The van der Waals surface area contributed by atoms with Gasteiger partial charge >= 0.3 is 5.97 Å². The highest BCUT2D eigenvalue weighted by Crippen LogP contribution is 2.17. The molecular formula is C52H95NO5. The van der Waals surface area contributed by atoms with Crippen molar-refractivity contribution < 1.29 is 24.5 Å². The van der Waals surface area contributed by atoms with Crippen LogP contribution < -0.4 is 5.32 Å². The van der Waals surface area contributed by atoms with Crippen LogP contribution in [0.2, 0.25) is 0 Å². The Morgan fingerprint density at radius 2 is 0.914 bits per heavy atom. The summed E-state index contributed by atoms with van der Waals surface area (Å²) in [6.45, 7) is 6.38. The zero-order chi connectivity index (χ0) is 42.4. The molecular weight excluding hydrogens is 719 g/mol. The average Bonchev–Trinajstić information content (AvgIpc) is 3.22. The van der Waals surface area contributed by atoms with E-state index < -0.39 is 18.2 Å². The van der Waals surface area contributed by atoms with Crippen molar-refractivity contribution in [3.05, 3.63) is 48.6 Å². The first kappa shape index (κ1) is 55.8. The number of carbonyl (C=O) groups is 2. The predicted molar refractivity (Wildman–Crippen MR) is 250 cm³/mol. The summed E-state index contributed by atoms with van der Waals surface area (Å²) in [5, 5.41) is 23.7. The smallest absolute Gasteiger partial charge is 0.306 e. The molecule has 0 radical (unpaired) electrons. The molecule has 0 fully saturated rings. The fraction of sp³-hybridized carbons (Fsp3) is 0.808. The fourth-order valence-corrected chi connectivity index (χ4v) is 7.32. The summed E-state index contributed by atoms with van der Waals surface area (Å²) in [6, 6.07) is -0.714. The molecule has 0 saturated carbocycles. The SMILES string of the molecule is CCC/C=C\CCCCCCCC(=O)OC(CCCC/C=C\C/C=C\C/C=C\CCCCC)CC(=O)NC(CO)C(O)CCCCCCCCCCCCCCCC. The number of esters is 1. The number of aliphatic hydroxyl groups excluding tert-OH is 2. The number of ether oxygens (including phenoxy) is 1. The molecule has 0 aliphatic rings. The summed E-state index contributed by atoms with van der Waals surface area (Å²) < 4.78 is 5.89. The van der Waals surface area contributed by atoms with Crippen LogP contribution in [-0.2, 0) is 14.3 Å². The monoisotopic (exact) mass is 814 g/mol. The Morgan fingerprint density at radius 1 is 0.500 bits per heavy atom. The summed E-state index contributed by atoms with van der Waals surface area (Å²) >= 11 is 0. The molecule has 0 bridgehead atoms. The van der Waals surface area contributed by atoms with Crippen LogP contribution in [0.4, 0.5) is 0 Å². The van der Waals surface area contributed by atoms with Gasteiger partial charge in [0.15, 0.2) is 0 Å². The van der Waals surface area contributed by atoms with E-state index in [-0.39, 0.29) is 24.9 Å². The molecule has 6 nitrogen and oxygen atoms in total. The number of nitrogens with one attached hydrogen (secondary N) is 1. The van der Waals surface area contributed by atoms with Crippen LogP contribution in [0, 0.1) is 0 Å². The number of hydrogen-bond acceptors (Lipinski definition) is 5. The predicted octanol–water partition coefficient (Wildman–Crippen LogP) is 14.7. The van der Waals surface area contributed by atoms with Crippen molar-refractivity contribution in [3.8, 4) is 0 Å². The molecule has 0 aromatic rings. The lowest BCUT2D eigenvalue weighted by Gasteiger charge is -2.24. The highest BCUT2D eigenvalue weighted by molar-refractivity contribution is 5.77. The summed E-state index contributed by atoms with van der Waals surface area (Å²) in [5.74, 6) is -0.522. The fourth-order valence-electron chi connectivity index (χ4n) is 7.32. The first-order chi connectivity index (χ1) is 28.5. The quantitative estimate of drug-likeness (QED) is 0.0323. The van der Waals surface area contributed by atoms with E-state index in [1.165, 1.54) is 116 Å². The third-order valence-corrected chi connectivity index (χ3v) is 11.1. The van der Waals surface area contributed by atoms with Crippen molar-refractivity contribution in [1.82, 2.24) is 5.32 Å². The third-order valence-electron chi connectivity index (χ3n) is 11.1. The van der Waals surface area contributed by atoms with E-state index in [9.17, 15) is 19.8 Å². The molecule has 3 N–H and O–H groups in total. The molecule has 3 unspecified atom stereocenters. The number of rotatable bonds is 44. The lowest BCUT2D eigenvalue weighted by atomic mass is 10.0. The lowest BCUT2D eigenvalue weighted by Crippen LogP contribution is -2.46. The topological polar surface area (TPSA) is 95.9 Å². The van der Waals surface area contributed by atoms with Gasteiger partial charge in [-0.25, -0.2) is 0 Å². The van der Waals surface area contributed by atoms with Crippen LogP contribution in [0.25, 0.3) is 0 Å². The van der Waals surface area contributed by atoms with E-state index in [0.717, 1.165) is 83.5 Å². The van der Waals surface area contributed by atoms with Gasteiger partial charge < -0.3 is 20.3 Å². The summed E-state index contributed by atoms with van der Waals surface area (Å²) in [7, 11) is 0. The largest absolute Gasteiger partial charge is 0.462 e. The van der Waals surface area contributed by atoms with Crippen LogP contribution in [0.3, 0.4) is 0 Å². The Hall–Kier alpha value is -2.18. The second-order valence-corrected chi connectivity index (χ2v) is 16.9. The molecule has 0 spiro atoms. The molecule has 0 heterocycles. The van der Waals surface area contributed by atoms with Gasteiger partial charge in [-0.2, -0.15) is 0 Å². The van der Waals surface area contributed by atoms with E-state index in [2.05, 4.69) is 74.7 Å².